The van der Waals surface area contributed by atoms with Crippen molar-refractivity contribution in [3.63, 3.8) is 0 Å². The average molecular weight is 281 g/mol. The molecule has 1 rings (SSSR count). The Labute approximate surface area is 83.4 Å². The molecule has 0 atom stereocenters. The Bertz CT molecular complexity index is 271. The van der Waals surface area contributed by atoms with Gasteiger partial charge in [-0.1, -0.05) is 22.6 Å². The van der Waals surface area contributed by atoms with Gasteiger partial charge in [-0.2, -0.15) is 0 Å². The average Bonchev–Trinajstić information content (AvgIpc) is 2.52. The number of hydrogen-bond donors (Lipinski definition) is 0. The molecule has 0 aliphatic rings. The molecule has 4 nitrogen and oxygen atoms in total. The van der Waals surface area contributed by atoms with Crippen LogP contribution in [0.4, 0.5) is 0 Å². The summed E-state index contributed by atoms with van der Waals surface area (Å²) in [5.41, 5.74) is 0.234. The Morgan fingerprint density at radius 3 is 3.17 bits per heavy atom. The Morgan fingerprint density at radius 1 is 1.83 bits per heavy atom. The van der Waals surface area contributed by atoms with Gasteiger partial charge in [0.2, 0.25) is 0 Å². The van der Waals surface area contributed by atoms with E-state index in [0.29, 0.717) is 5.89 Å². The molecule has 1 heterocycles. The molecule has 0 saturated carbocycles. The number of alkyl halides is 1. The number of methoxy groups -OCH3 is 1. The third-order valence-electron chi connectivity index (χ3n) is 1.25. The molecule has 12 heavy (non-hydrogen) atoms. The van der Waals surface area contributed by atoms with Gasteiger partial charge in [0.25, 0.3) is 0 Å². The van der Waals surface area contributed by atoms with Gasteiger partial charge in [0.05, 0.1) is 7.11 Å². The van der Waals surface area contributed by atoms with Gasteiger partial charge in [0, 0.05) is 10.8 Å². The van der Waals surface area contributed by atoms with Crippen LogP contribution in [0.2, 0.25) is 0 Å². The van der Waals surface area contributed by atoms with Gasteiger partial charge in [-0.3, -0.25) is 0 Å². The van der Waals surface area contributed by atoms with Crippen LogP contribution < -0.4 is 0 Å². The van der Waals surface area contributed by atoms with Crippen LogP contribution in [-0.2, 0) is 11.2 Å². The predicted octanol–water partition coefficient (Wildman–Crippen LogP) is 1.44. The number of rotatable bonds is 3. The van der Waals surface area contributed by atoms with E-state index in [0.717, 1.165) is 10.8 Å². The summed E-state index contributed by atoms with van der Waals surface area (Å²) in [4.78, 5) is 14.8. The fraction of sp³-hybridized carbons (Fsp3) is 0.429. The Morgan fingerprint density at radius 2 is 2.58 bits per heavy atom. The largest absolute Gasteiger partial charge is 0.464 e. The summed E-state index contributed by atoms with van der Waals surface area (Å²) in [7, 11) is 1.31. The molecule has 0 amide bonds. The minimum atomic E-state index is -0.460. The number of hydrogen-bond acceptors (Lipinski definition) is 4. The Balaban J connectivity index is 2.70. The molecule has 0 spiro atoms. The van der Waals surface area contributed by atoms with Gasteiger partial charge in [0.1, 0.15) is 6.26 Å². The van der Waals surface area contributed by atoms with Crippen molar-refractivity contribution in [2.24, 2.45) is 0 Å². The highest BCUT2D eigenvalue weighted by Gasteiger charge is 2.11. The van der Waals surface area contributed by atoms with Crippen LogP contribution in [0.25, 0.3) is 0 Å². The highest BCUT2D eigenvalue weighted by atomic mass is 127. The van der Waals surface area contributed by atoms with E-state index in [1.54, 1.807) is 0 Å². The first-order valence-electron chi connectivity index (χ1n) is 3.36. The second kappa shape index (κ2) is 4.44. The van der Waals surface area contributed by atoms with Gasteiger partial charge in [-0.25, -0.2) is 9.78 Å². The zero-order chi connectivity index (χ0) is 8.97. The molecule has 0 aliphatic carbocycles. The summed E-state index contributed by atoms with van der Waals surface area (Å²) >= 11 is 2.21. The van der Waals surface area contributed by atoms with E-state index in [4.69, 9.17) is 4.42 Å². The third kappa shape index (κ3) is 2.20. The van der Waals surface area contributed by atoms with E-state index in [9.17, 15) is 4.79 Å². The van der Waals surface area contributed by atoms with Gasteiger partial charge in [-0.15, -0.1) is 0 Å². The van der Waals surface area contributed by atoms with Crippen LogP contribution in [-0.4, -0.2) is 22.5 Å². The van der Waals surface area contributed by atoms with Gasteiger partial charge in [0.15, 0.2) is 11.6 Å². The van der Waals surface area contributed by atoms with Crippen molar-refractivity contribution >= 4 is 28.6 Å². The molecule has 0 aliphatic heterocycles. The standard InChI is InChI=1S/C7H8INO3/c1-11-7(10)5-4-12-6(9-5)2-3-8/h4H,2-3H2,1H3. The summed E-state index contributed by atoms with van der Waals surface area (Å²) in [6.45, 7) is 0. The maximum absolute atomic E-state index is 10.9. The van der Waals surface area contributed by atoms with Crippen molar-refractivity contribution in [3.05, 3.63) is 17.8 Å². The van der Waals surface area contributed by atoms with Crippen LogP contribution in [0, 0.1) is 0 Å². The number of ether oxygens (including phenoxy) is 1. The maximum atomic E-state index is 10.9. The SMILES string of the molecule is COC(=O)c1coc(CCI)n1. The van der Waals surface area contributed by atoms with Crippen LogP contribution >= 0.6 is 22.6 Å². The molecule has 0 unspecified atom stereocenters. The molecular formula is C7H8INO3. The van der Waals surface area contributed by atoms with Gasteiger partial charge < -0.3 is 9.15 Å². The van der Waals surface area contributed by atoms with Crippen LogP contribution in [0.1, 0.15) is 16.4 Å². The molecule has 0 fully saturated rings. The number of aryl methyl sites for hydroxylation is 1. The van der Waals surface area contributed by atoms with E-state index in [-0.39, 0.29) is 5.69 Å². The van der Waals surface area contributed by atoms with E-state index >= 15 is 0 Å². The normalized spacial score (nSPS) is 9.83. The maximum Gasteiger partial charge on any atom is 0.360 e. The van der Waals surface area contributed by atoms with E-state index in [1.165, 1.54) is 13.4 Å². The van der Waals surface area contributed by atoms with Crippen molar-refractivity contribution in [2.45, 2.75) is 6.42 Å². The number of carbonyl (C=O) groups is 1. The highest BCUT2D eigenvalue weighted by Crippen LogP contribution is 2.05. The zero-order valence-corrected chi connectivity index (χ0v) is 8.70. The van der Waals surface area contributed by atoms with Crippen molar-refractivity contribution < 1.29 is 13.9 Å². The Kier molecular flexibility index (Phi) is 3.51. The van der Waals surface area contributed by atoms with Gasteiger partial charge in [-0.05, 0) is 0 Å². The smallest absolute Gasteiger partial charge is 0.360 e. The first-order valence-corrected chi connectivity index (χ1v) is 4.89. The second-order valence-corrected chi connectivity index (χ2v) is 3.14. The first-order chi connectivity index (χ1) is 5.77. The molecule has 0 saturated heterocycles. The minimum absolute atomic E-state index is 0.234. The summed E-state index contributed by atoms with van der Waals surface area (Å²) < 4.78 is 10.4. The van der Waals surface area contributed by atoms with Crippen molar-refractivity contribution in [1.29, 1.82) is 0 Å². The molecule has 66 valence electrons. The quantitative estimate of drug-likeness (QED) is 0.478. The van der Waals surface area contributed by atoms with Crippen LogP contribution in [0.15, 0.2) is 10.7 Å². The van der Waals surface area contributed by atoms with Crippen LogP contribution in [0.3, 0.4) is 0 Å². The zero-order valence-electron chi connectivity index (χ0n) is 6.54. The number of esters is 1. The lowest BCUT2D eigenvalue weighted by molar-refractivity contribution is 0.0594. The number of aromatic nitrogens is 1. The van der Waals surface area contributed by atoms with Crippen LogP contribution in [0.5, 0.6) is 0 Å². The lowest BCUT2D eigenvalue weighted by Crippen LogP contribution is -2.01. The summed E-state index contributed by atoms with van der Waals surface area (Å²) in [6.07, 6.45) is 2.05. The molecule has 0 aromatic carbocycles. The lowest BCUT2D eigenvalue weighted by atomic mass is 10.5. The summed E-state index contributed by atoms with van der Waals surface area (Å²) in [5, 5.41) is 0. The molecule has 5 heteroatoms. The Hall–Kier alpha value is -0.590. The fourth-order valence-electron chi connectivity index (χ4n) is 0.705. The number of carbonyl (C=O) groups excluding carboxylic acids is 1. The molecule has 0 N–H and O–H groups in total. The van der Waals surface area contributed by atoms with Crippen molar-refractivity contribution in [2.75, 3.05) is 11.5 Å². The molecule has 1 aromatic heterocycles. The van der Waals surface area contributed by atoms with Crippen molar-refractivity contribution in [3.8, 4) is 0 Å². The molecule has 0 bridgehead atoms. The highest BCUT2D eigenvalue weighted by molar-refractivity contribution is 14.1. The predicted molar refractivity (Wildman–Crippen MR) is 50.4 cm³/mol. The van der Waals surface area contributed by atoms with E-state index < -0.39 is 5.97 Å². The lowest BCUT2D eigenvalue weighted by Gasteiger charge is -1.89. The number of halogens is 1. The molecular weight excluding hydrogens is 273 g/mol. The number of oxazole rings is 1. The monoisotopic (exact) mass is 281 g/mol. The third-order valence-corrected chi connectivity index (χ3v) is 1.79. The molecule has 1 aromatic rings. The first kappa shape index (κ1) is 9.50. The van der Waals surface area contributed by atoms with E-state index in [1.807, 2.05) is 0 Å². The van der Waals surface area contributed by atoms with Crippen molar-refractivity contribution in [1.82, 2.24) is 4.98 Å². The fourth-order valence-corrected chi connectivity index (χ4v) is 1.17. The second-order valence-electron chi connectivity index (χ2n) is 2.06. The minimum Gasteiger partial charge on any atom is -0.464 e. The van der Waals surface area contributed by atoms with Gasteiger partial charge >= 0.3 is 5.97 Å². The number of nitrogens with zero attached hydrogens (tertiary/aromatic N) is 1. The van der Waals surface area contributed by atoms with E-state index in [2.05, 4.69) is 32.3 Å². The molecule has 0 radical (unpaired) electrons. The topological polar surface area (TPSA) is 52.3 Å². The summed E-state index contributed by atoms with van der Waals surface area (Å²) in [5.74, 6) is 0.114. The summed E-state index contributed by atoms with van der Waals surface area (Å²) in [6, 6.07) is 0.